The van der Waals surface area contributed by atoms with Gasteiger partial charge in [0.15, 0.2) is 5.78 Å². The fraction of sp³-hybridized carbons (Fsp3) is 0.190. The molecule has 1 aromatic heterocycles. The maximum atomic E-state index is 12.5. The molecule has 0 saturated heterocycles. The first-order valence-corrected chi connectivity index (χ1v) is 8.11. The molecule has 1 aliphatic carbocycles. The molecule has 1 heterocycles. The molecule has 1 unspecified atom stereocenters. The number of carbonyl (C=O) groups excluding carboxylic acids is 1. The van der Waals surface area contributed by atoms with E-state index in [0.29, 0.717) is 6.42 Å². The monoisotopic (exact) mass is 301 g/mol. The lowest BCUT2D eigenvalue weighted by Crippen LogP contribution is -2.10. The standard InChI is InChI=1S/C21H19NO/c1-14-20(16-10-5-6-12-18(16)22-14)21(15-8-3-2-4-9-15)17-11-7-13-19(17)23/h2-6,8-12,21-22H,7,13H2,1H3. The van der Waals surface area contributed by atoms with E-state index in [1.54, 1.807) is 0 Å². The van der Waals surface area contributed by atoms with E-state index in [1.807, 2.05) is 24.3 Å². The Morgan fingerprint density at radius 3 is 2.48 bits per heavy atom. The highest BCUT2D eigenvalue weighted by Crippen LogP contribution is 2.40. The second-order valence-electron chi connectivity index (χ2n) is 6.17. The number of aromatic amines is 1. The summed E-state index contributed by atoms with van der Waals surface area (Å²) in [6.07, 6.45) is 3.63. The SMILES string of the molecule is Cc1[nH]c2ccccc2c1C(C1=CCCC1=O)c1ccccc1. The lowest BCUT2D eigenvalue weighted by Gasteiger charge is -2.19. The molecule has 0 radical (unpaired) electrons. The van der Waals surface area contributed by atoms with Crippen LogP contribution in [0.2, 0.25) is 0 Å². The number of nitrogens with one attached hydrogen (secondary N) is 1. The highest BCUT2D eigenvalue weighted by atomic mass is 16.1. The number of aromatic nitrogens is 1. The van der Waals surface area contributed by atoms with Crippen LogP contribution in [-0.2, 0) is 4.79 Å². The van der Waals surface area contributed by atoms with Crippen LogP contribution in [0.1, 0.15) is 35.6 Å². The number of rotatable bonds is 3. The predicted octanol–water partition coefficient (Wildman–Crippen LogP) is 4.90. The number of hydrogen-bond acceptors (Lipinski definition) is 1. The molecule has 0 aliphatic heterocycles. The normalized spacial score (nSPS) is 15.9. The van der Waals surface area contributed by atoms with Crippen LogP contribution in [0.4, 0.5) is 0 Å². The molecule has 0 saturated carbocycles. The lowest BCUT2D eigenvalue weighted by atomic mass is 9.82. The van der Waals surface area contributed by atoms with Gasteiger partial charge < -0.3 is 4.98 Å². The van der Waals surface area contributed by atoms with Crippen LogP contribution in [0.5, 0.6) is 0 Å². The van der Waals surface area contributed by atoms with Crippen LogP contribution >= 0.6 is 0 Å². The van der Waals surface area contributed by atoms with Gasteiger partial charge in [-0.1, -0.05) is 54.6 Å². The summed E-state index contributed by atoms with van der Waals surface area (Å²) in [7, 11) is 0. The van der Waals surface area contributed by atoms with Gasteiger partial charge in [0.05, 0.1) is 0 Å². The second-order valence-corrected chi connectivity index (χ2v) is 6.17. The minimum Gasteiger partial charge on any atom is -0.358 e. The average Bonchev–Trinajstić information content (AvgIpc) is 3.13. The quantitative estimate of drug-likeness (QED) is 0.733. The van der Waals surface area contributed by atoms with Gasteiger partial charge >= 0.3 is 0 Å². The van der Waals surface area contributed by atoms with Gasteiger partial charge in [0.25, 0.3) is 0 Å². The van der Waals surface area contributed by atoms with Crippen molar-refractivity contribution in [3.05, 3.63) is 83.1 Å². The molecule has 2 heteroatoms. The van der Waals surface area contributed by atoms with Crippen molar-refractivity contribution < 1.29 is 4.79 Å². The molecule has 0 spiro atoms. The van der Waals surface area contributed by atoms with Crippen LogP contribution in [-0.4, -0.2) is 10.8 Å². The number of ketones is 1. The average molecular weight is 301 g/mol. The van der Waals surface area contributed by atoms with Gasteiger partial charge in [0.2, 0.25) is 0 Å². The molecule has 0 fully saturated rings. The van der Waals surface area contributed by atoms with Crippen molar-refractivity contribution >= 4 is 16.7 Å². The van der Waals surface area contributed by atoms with E-state index in [2.05, 4.69) is 48.3 Å². The summed E-state index contributed by atoms with van der Waals surface area (Å²) in [5.74, 6) is 0.297. The van der Waals surface area contributed by atoms with Gasteiger partial charge in [-0.05, 0) is 30.5 Å². The van der Waals surface area contributed by atoms with Gasteiger partial charge in [-0.3, -0.25) is 4.79 Å². The Morgan fingerprint density at radius 1 is 1.00 bits per heavy atom. The number of carbonyl (C=O) groups is 1. The number of hydrogen-bond donors (Lipinski definition) is 1. The summed E-state index contributed by atoms with van der Waals surface area (Å²) in [6.45, 7) is 2.10. The van der Waals surface area contributed by atoms with Gasteiger partial charge in [0, 0.05) is 34.5 Å². The number of para-hydroxylation sites is 1. The Labute approximate surface area is 135 Å². The highest BCUT2D eigenvalue weighted by Gasteiger charge is 2.29. The Kier molecular flexibility index (Phi) is 3.38. The summed E-state index contributed by atoms with van der Waals surface area (Å²) in [6, 6.07) is 18.7. The molecule has 4 rings (SSSR count). The predicted molar refractivity (Wildman–Crippen MR) is 93.6 cm³/mol. The molecular weight excluding hydrogens is 282 g/mol. The Morgan fingerprint density at radius 2 is 1.74 bits per heavy atom. The fourth-order valence-corrected chi connectivity index (χ4v) is 3.71. The van der Waals surface area contributed by atoms with Gasteiger partial charge in [0.1, 0.15) is 0 Å². The van der Waals surface area contributed by atoms with E-state index in [-0.39, 0.29) is 11.7 Å². The van der Waals surface area contributed by atoms with Crippen molar-refractivity contribution in [3.8, 4) is 0 Å². The van der Waals surface area contributed by atoms with E-state index in [9.17, 15) is 4.79 Å². The molecule has 1 N–H and O–H groups in total. The maximum absolute atomic E-state index is 12.5. The third-order valence-electron chi connectivity index (χ3n) is 4.73. The summed E-state index contributed by atoms with van der Waals surface area (Å²) in [5, 5.41) is 1.21. The smallest absolute Gasteiger partial charge is 0.159 e. The van der Waals surface area contributed by atoms with Crippen LogP contribution in [0, 0.1) is 6.92 Å². The minimum atomic E-state index is 0.0161. The number of allylic oxidation sites excluding steroid dienone is 2. The summed E-state index contributed by atoms with van der Waals surface area (Å²) < 4.78 is 0. The molecule has 114 valence electrons. The molecule has 1 atom stereocenters. The van der Waals surface area contributed by atoms with Gasteiger partial charge in [-0.2, -0.15) is 0 Å². The van der Waals surface area contributed by atoms with E-state index in [4.69, 9.17) is 0 Å². The van der Waals surface area contributed by atoms with Crippen molar-refractivity contribution in [2.24, 2.45) is 0 Å². The Bertz CT molecular complexity index is 902. The Hall–Kier alpha value is -2.61. The van der Waals surface area contributed by atoms with Gasteiger partial charge in [-0.15, -0.1) is 0 Å². The van der Waals surface area contributed by atoms with E-state index >= 15 is 0 Å². The first-order chi connectivity index (χ1) is 11.3. The van der Waals surface area contributed by atoms with Crippen LogP contribution < -0.4 is 0 Å². The number of fused-ring (bicyclic) bond motifs is 1. The molecule has 0 bridgehead atoms. The van der Waals surface area contributed by atoms with Crippen molar-refractivity contribution in [2.75, 3.05) is 0 Å². The first kappa shape index (κ1) is 14.0. The van der Waals surface area contributed by atoms with Crippen molar-refractivity contribution in [1.29, 1.82) is 0 Å². The minimum absolute atomic E-state index is 0.0161. The maximum Gasteiger partial charge on any atom is 0.159 e. The molecule has 2 aromatic carbocycles. The molecule has 2 nitrogen and oxygen atoms in total. The molecule has 3 aromatic rings. The van der Waals surface area contributed by atoms with Crippen molar-refractivity contribution in [3.63, 3.8) is 0 Å². The fourth-order valence-electron chi connectivity index (χ4n) is 3.71. The molecule has 1 aliphatic rings. The zero-order valence-electron chi connectivity index (χ0n) is 13.2. The topological polar surface area (TPSA) is 32.9 Å². The zero-order valence-corrected chi connectivity index (χ0v) is 13.2. The van der Waals surface area contributed by atoms with Crippen LogP contribution in [0.3, 0.4) is 0 Å². The molecular formula is C21H19NO. The zero-order chi connectivity index (χ0) is 15.8. The van der Waals surface area contributed by atoms with Crippen LogP contribution in [0.25, 0.3) is 10.9 Å². The number of benzene rings is 2. The molecule has 23 heavy (non-hydrogen) atoms. The third kappa shape index (κ3) is 2.31. The van der Waals surface area contributed by atoms with E-state index in [0.717, 1.165) is 23.2 Å². The second kappa shape index (κ2) is 5.54. The summed E-state index contributed by atoms with van der Waals surface area (Å²) in [5.41, 5.74) is 5.63. The van der Waals surface area contributed by atoms with Crippen molar-refractivity contribution in [2.45, 2.75) is 25.7 Å². The van der Waals surface area contributed by atoms with E-state index < -0.39 is 0 Å². The lowest BCUT2D eigenvalue weighted by molar-refractivity contribution is -0.115. The third-order valence-corrected chi connectivity index (χ3v) is 4.73. The van der Waals surface area contributed by atoms with Gasteiger partial charge in [-0.25, -0.2) is 0 Å². The number of Topliss-reactive ketones (excluding diaryl/α,β-unsaturated/α-hetero) is 1. The number of H-pyrrole nitrogens is 1. The first-order valence-electron chi connectivity index (χ1n) is 8.11. The number of aryl methyl sites for hydroxylation is 1. The summed E-state index contributed by atoms with van der Waals surface area (Å²) in [4.78, 5) is 15.9. The van der Waals surface area contributed by atoms with Crippen molar-refractivity contribution in [1.82, 2.24) is 4.98 Å². The van der Waals surface area contributed by atoms with E-state index in [1.165, 1.54) is 16.5 Å². The largest absolute Gasteiger partial charge is 0.358 e. The van der Waals surface area contributed by atoms with Crippen LogP contribution in [0.15, 0.2) is 66.2 Å². The highest BCUT2D eigenvalue weighted by molar-refractivity contribution is 6.01. The summed E-state index contributed by atoms with van der Waals surface area (Å²) >= 11 is 0. The molecule has 0 amide bonds. The Balaban J connectivity index is 1.98.